The van der Waals surface area contributed by atoms with Crippen LogP contribution in [0.1, 0.15) is 37.2 Å². The van der Waals surface area contributed by atoms with Crippen LogP contribution in [0.2, 0.25) is 0 Å². The molecule has 5 heteroatoms. The van der Waals surface area contributed by atoms with Gasteiger partial charge in [0.2, 0.25) is 5.91 Å². The van der Waals surface area contributed by atoms with Crippen LogP contribution >= 0.6 is 0 Å². The molecular weight excluding hydrogens is 312 g/mol. The van der Waals surface area contributed by atoms with Crippen molar-refractivity contribution in [2.75, 3.05) is 26.7 Å². The quantitative estimate of drug-likeness (QED) is 0.812. The minimum atomic E-state index is 0.223. The molecule has 1 saturated heterocycles. The molecule has 1 amide bonds. The van der Waals surface area contributed by atoms with Crippen LogP contribution < -0.4 is 0 Å². The number of amides is 1. The van der Waals surface area contributed by atoms with E-state index < -0.39 is 0 Å². The molecule has 0 aliphatic carbocycles. The van der Waals surface area contributed by atoms with Gasteiger partial charge in [0.05, 0.1) is 12.6 Å². The Morgan fingerprint density at radius 3 is 2.88 bits per heavy atom. The van der Waals surface area contributed by atoms with E-state index >= 15 is 0 Å². The van der Waals surface area contributed by atoms with Crippen LogP contribution in [-0.4, -0.2) is 51.9 Å². The molecule has 1 aromatic carbocycles. The largest absolute Gasteiger partial charge is 0.340 e. The monoisotopic (exact) mass is 340 g/mol. The molecule has 0 radical (unpaired) electrons. The van der Waals surface area contributed by atoms with Gasteiger partial charge in [-0.1, -0.05) is 37.3 Å². The average molecular weight is 340 g/mol. The maximum atomic E-state index is 12.7. The van der Waals surface area contributed by atoms with Gasteiger partial charge < -0.3 is 9.47 Å². The third-order valence-corrected chi connectivity index (χ3v) is 4.91. The number of likely N-dealkylation sites (N-methyl/N-ethyl adjacent to an activating group) is 1. The van der Waals surface area contributed by atoms with Crippen molar-refractivity contribution in [3.63, 3.8) is 0 Å². The molecule has 1 atom stereocenters. The number of likely N-dealkylation sites (tertiary alicyclic amines) is 1. The molecule has 0 unspecified atom stereocenters. The van der Waals surface area contributed by atoms with Crippen molar-refractivity contribution in [1.29, 1.82) is 0 Å². The highest BCUT2D eigenvalue weighted by molar-refractivity contribution is 5.78. The fourth-order valence-corrected chi connectivity index (χ4v) is 3.64. The topological polar surface area (TPSA) is 41.4 Å². The molecule has 2 aromatic rings. The number of rotatable bonds is 6. The Bertz CT molecular complexity index is 682. The molecule has 0 saturated carbocycles. The minimum Gasteiger partial charge on any atom is -0.340 e. The Labute approximate surface area is 150 Å². The van der Waals surface area contributed by atoms with Crippen LogP contribution in [0.5, 0.6) is 0 Å². The third kappa shape index (κ3) is 4.48. The number of carbonyl (C=O) groups is 1. The van der Waals surface area contributed by atoms with E-state index in [1.54, 1.807) is 0 Å². The lowest BCUT2D eigenvalue weighted by Gasteiger charge is -2.35. The predicted molar refractivity (Wildman–Crippen MR) is 99.2 cm³/mol. The number of hydrogen-bond acceptors (Lipinski definition) is 3. The molecule has 0 N–H and O–H groups in total. The lowest BCUT2D eigenvalue weighted by molar-refractivity contribution is -0.133. The fraction of sp³-hybridized carbons (Fsp3) is 0.500. The Morgan fingerprint density at radius 2 is 2.12 bits per heavy atom. The van der Waals surface area contributed by atoms with Gasteiger partial charge >= 0.3 is 0 Å². The van der Waals surface area contributed by atoms with E-state index in [0.717, 1.165) is 44.7 Å². The van der Waals surface area contributed by atoms with Crippen molar-refractivity contribution in [3.8, 4) is 0 Å². The molecule has 25 heavy (non-hydrogen) atoms. The van der Waals surface area contributed by atoms with Gasteiger partial charge in [0.15, 0.2) is 0 Å². The molecular formula is C20H28N4O. The second-order valence-electron chi connectivity index (χ2n) is 6.90. The van der Waals surface area contributed by atoms with E-state index in [4.69, 9.17) is 0 Å². The first-order valence-electron chi connectivity index (χ1n) is 9.19. The Hall–Kier alpha value is -2.14. The van der Waals surface area contributed by atoms with Crippen molar-refractivity contribution in [1.82, 2.24) is 19.4 Å². The zero-order chi connectivity index (χ0) is 17.6. The lowest BCUT2D eigenvalue weighted by atomic mass is 10.0. The molecule has 134 valence electrons. The smallest absolute Gasteiger partial charge is 0.236 e. The summed E-state index contributed by atoms with van der Waals surface area (Å²) in [5.74, 6) is 1.33. The van der Waals surface area contributed by atoms with Gasteiger partial charge in [0, 0.05) is 38.4 Å². The van der Waals surface area contributed by atoms with Crippen molar-refractivity contribution in [2.45, 2.75) is 38.8 Å². The highest BCUT2D eigenvalue weighted by Crippen LogP contribution is 2.23. The molecule has 1 aliphatic rings. The minimum absolute atomic E-state index is 0.223. The van der Waals surface area contributed by atoms with Gasteiger partial charge in [-0.2, -0.15) is 0 Å². The number of hydrogen-bond donors (Lipinski definition) is 0. The molecule has 0 bridgehead atoms. The van der Waals surface area contributed by atoms with Crippen molar-refractivity contribution in [2.24, 2.45) is 0 Å². The number of nitrogens with zero attached hydrogens (tertiary/aromatic N) is 4. The van der Waals surface area contributed by atoms with Crippen molar-refractivity contribution in [3.05, 3.63) is 54.1 Å². The van der Waals surface area contributed by atoms with Gasteiger partial charge in [-0.05, 0) is 25.5 Å². The summed E-state index contributed by atoms with van der Waals surface area (Å²) < 4.78 is 2.26. The fourth-order valence-electron chi connectivity index (χ4n) is 3.64. The molecule has 2 heterocycles. The van der Waals surface area contributed by atoms with Gasteiger partial charge in [0.25, 0.3) is 0 Å². The number of aromatic nitrogens is 2. The van der Waals surface area contributed by atoms with Crippen molar-refractivity contribution < 1.29 is 4.79 Å². The summed E-state index contributed by atoms with van der Waals surface area (Å²) in [6, 6.07) is 10.7. The summed E-state index contributed by atoms with van der Waals surface area (Å²) in [4.78, 5) is 21.3. The van der Waals surface area contributed by atoms with E-state index in [0.29, 0.717) is 12.6 Å². The van der Waals surface area contributed by atoms with Crippen LogP contribution in [0, 0.1) is 0 Å². The van der Waals surface area contributed by atoms with E-state index in [1.807, 2.05) is 36.3 Å². The number of imidazole rings is 1. The normalized spacial score (nSPS) is 17.9. The Balaban J connectivity index is 1.56. The molecule has 0 spiro atoms. The first-order chi connectivity index (χ1) is 12.2. The van der Waals surface area contributed by atoms with E-state index in [1.165, 1.54) is 5.56 Å². The van der Waals surface area contributed by atoms with E-state index in [2.05, 4.69) is 39.7 Å². The number of aryl methyl sites for hydroxylation is 1. The van der Waals surface area contributed by atoms with Gasteiger partial charge in [-0.15, -0.1) is 0 Å². The molecule has 5 nitrogen and oxygen atoms in total. The van der Waals surface area contributed by atoms with E-state index in [9.17, 15) is 4.79 Å². The number of piperidine rings is 1. The summed E-state index contributed by atoms with van der Waals surface area (Å²) in [6.45, 7) is 5.05. The van der Waals surface area contributed by atoms with Crippen LogP contribution in [0.15, 0.2) is 42.7 Å². The number of carbonyl (C=O) groups excluding carboxylic acids is 1. The van der Waals surface area contributed by atoms with Gasteiger partial charge in [0.1, 0.15) is 5.82 Å². The summed E-state index contributed by atoms with van der Waals surface area (Å²) in [6.07, 6.45) is 7.02. The lowest BCUT2D eigenvalue weighted by Crippen LogP contribution is -2.44. The number of benzene rings is 1. The first-order valence-corrected chi connectivity index (χ1v) is 9.19. The molecule has 1 aliphatic heterocycles. The average Bonchev–Trinajstić information content (AvgIpc) is 3.11. The first kappa shape index (κ1) is 17.7. The third-order valence-electron chi connectivity index (χ3n) is 4.91. The van der Waals surface area contributed by atoms with Crippen LogP contribution in [0.25, 0.3) is 0 Å². The maximum Gasteiger partial charge on any atom is 0.236 e. The highest BCUT2D eigenvalue weighted by Gasteiger charge is 2.26. The summed E-state index contributed by atoms with van der Waals surface area (Å²) in [5, 5.41) is 0. The summed E-state index contributed by atoms with van der Waals surface area (Å²) >= 11 is 0. The van der Waals surface area contributed by atoms with Crippen LogP contribution in [-0.2, 0) is 17.8 Å². The zero-order valence-corrected chi connectivity index (χ0v) is 15.3. The second-order valence-corrected chi connectivity index (χ2v) is 6.90. The highest BCUT2D eigenvalue weighted by atomic mass is 16.2. The van der Waals surface area contributed by atoms with Crippen molar-refractivity contribution >= 4 is 5.91 Å². The predicted octanol–water partition coefficient (Wildman–Crippen LogP) is 2.74. The SMILES string of the molecule is CCc1nccn1[C@@H]1CCCN(C(=O)CN(C)Cc2ccccc2)C1. The molecule has 3 rings (SSSR count). The Morgan fingerprint density at radius 1 is 1.32 bits per heavy atom. The summed E-state index contributed by atoms with van der Waals surface area (Å²) in [7, 11) is 2.01. The standard InChI is InChI=1S/C20H28N4O/c1-3-19-21-11-13-24(19)18-10-7-12-23(15-18)20(25)16-22(2)14-17-8-5-4-6-9-17/h4-6,8-9,11,13,18H,3,7,10,12,14-16H2,1-2H3/t18-/m1/s1. The molecule has 1 aromatic heterocycles. The molecule has 1 fully saturated rings. The van der Waals surface area contributed by atoms with Crippen LogP contribution in [0.3, 0.4) is 0 Å². The van der Waals surface area contributed by atoms with Gasteiger partial charge in [-0.3, -0.25) is 9.69 Å². The Kier molecular flexibility index (Phi) is 5.87. The maximum absolute atomic E-state index is 12.7. The summed E-state index contributed by atoms with van der Waals surface area (Å²) in [5.41, 5.74) is 1.24. The second kappa shape index (κ2) is 8.30. The van der Waals surface area contributed by atoms with E-state index in [-0.39, 0.29) is 5.91 Å². The van der Waals surface area contributed by atoms with Gasteiger partial charge in [-0.25, -0.2) is 4.98 Å². The van der Waals surface area contributed by atoms with Crippen LogP contribution in [0.4, 0.5) is 0 Å². The zero-order valence-electron chi connectivity index (χ0n) is 15.3.